The van der Waals surface area contributed by atoms with Crippen molar-refractivity contribution in [3.8, 4) is 0 Å². The lowest BCUT2D eigenvalue weighted by Gasteiger charge is -2.14. The van der Waals surface area contributed by atoms with Crippen LogP contribution in [-0.4, -0.2) is 17.6 Å². The molecule has 3 heteroatoms. The summed E-state index contributed by atoms with van der Waals surface area (Å²) in [4.78, 5) is 10.8. The monoisotopic (exact) mass is 249 g/mol. The van der Waals surface area contributed by atoms with Gasteiger partial charge in [0.15, 0.2) is 0 Å². The third-order valence-electron chi connectivity index (χ3n) is 3.41. The summed E-state index contributed by atoms with van der Waals surface area (Å²) in [5.41, 5.74) is 6.79. The number of aliphatic carboxylic acids is 1. The minimum Gasteiger partial charge on any atom is -0.481 e. The predicted octanol–water partition coefficient (Wildman–Crippen LogP) is 2.69. The van der Waals surface area contributed by atoms with Crippen LogP contribution in [0.5, 0.6) is 0 Å². The number of benzene rings is 1. The second-order valence-electron chi connectivity index (χ2n) is 4.98. The average molecular weight is 249 g/mol. The second-order valence-corrected chi connectivity index (χ2v) is 4.98. The first-order valence-corrected chi connectivity index (χ1v) is 6.60. The van der Waals surface area contributed by atoms with Gasteiger partial charge in [-0.05, 0) is 37.2 Å². The normalized spacial score (nSPS) is 14.1. The zero-order valence-corrected chi connectivity index (χ0v) is 11.0. The molecule has 1 aromatic rings. The average Bonchev–Trinajstić information content (AvgIpc) is 2.38. The lowest BCUT2D eigenvalue weighted by atomic mass is 9.92. The maximum atomic E-state index is 10.8. The Kier molecular flexibility index (Phi) is 6.44. The summed E-state index contributed by atoms with van der Waals surface area (Å²) in [7, 11) is 0. The van der Waals surface area contributed by atoms with Crippen LogP contribution in [0.25, 0.3) is 0 Å². The maximum Gasteiger partial charge on any atom is 0.307 e. The molecule has 0 aliphatic heterocycles. The Morgan fingerprint density at radius 1 is 1.22 bits per heavy atom. The van der Waals surface area contributed by atoms with E-state index in [2.05, 4.69) is 31.2 Å². The van der Waals surface area contributed by atoms with Crippen LogP contribution < -0.4 is 5.73 Å². The Morgan fingerprint density at radius 3 is 2.44 bits per heavy atom. The number of carboxylic acid groups (broad SMARTS) is 1. The fraction of sp³-hybridized carbons (Fsp3) is 0.533. The molecule has 0 aliphatic rings. The van der Waals surface area contributed by atoms with Crippen LogP contribution >= 0.6 is 0 Å². The van der Waals surface area contributed by atoms with E-state index in [1.165, 1.54) is 5.56 Å². The van der Waals surface area contributed by atoms with Crippen molar-refractivity contribution in [2.75, 3.05) is 6.54 Å². The topological polar surface area (TPSA) is 63.3 Å². The van der Waals surface area contributed by atoms with E-state index in [0.29, 0.717) is 12.3 Å². The Balaban J connectivity index is 2.25. The van der Waals surface area contributed by atoms with Gasteiger partial charge >= 0.3 is 5.97 Å². The quantitative estimate of drug-likeness (QED) is 0.744. The molecule has 0 bridgehead atoms. The lowest BCUT2D eigenvalue weighted by molar-refractivity contribution is -0.141. The largest absolute Gasteiger partial charge is 0.481 e. The molecule has 3 nitrogen and oxygen atoms in total. The van der Waals surface area contributed by atoms with Crippen LogP contribution in [0.15, 0.2) is 30.3 Å². The Morgan fingerprint density at radius 2 is 1.89 bits per heavy atom. The summed E-state index contributed by atoms with van der Waals surface area (Å²) < 4.78 is 0. The minimum absolute atomic E-state index is 0.237. The number of carboxylic acids is 1. The molecule has 0 aliphatic carbocycles. The number of nitrogens with two attached hydrogens (primary N) is 1. The Bertz CT molecular complexity index is 351. The number of hydrogen-bond acceptors (Lipinski definition) is 2. The number of hydrogen-bond donors (Lipinski definition) is 2. The lowest BCUT2D eigenvalue weighted by Crippen LogP contribution is -2.23. The van der Waals surface area contributed by atoms with Crippen molar-refractivity contribution < 1.29 is 9.90 Å². The highest BCUT2D eigenvalue weighted by Crippen LogP contribution is 2.17. The van der Waals surface area contributed by atoms with Crippen molar-refractivity contribution in [2.24, 2.45) is 17.6 Å². The molecule has 1 rings (SSSR count). The zero-order valence-electron chi connectivity index (χ0n) is 11.0. The SMILES string of the molecule is CC(CCc1ccccc1)CCC(CN)C(=O)O. The van der Waals surface area contributed by atoms with Crippen LogP contribution in [0.3, 0.4) is 0 Å². The number of carbonyl (C=O) groups is 1. The molecule has 1 aromatic carbocycles. The van der Waals surface area contributed by atoms with Crippen molar-refractivity contribution in [2.45, 2.75) is 32.6 Å². The van der Waals surface area contributed by atoms with Crippen molar-refractivity contribution in [3.05, 3.63) is 35.9 Å². The molecule has 0 spiro atoms. The van der Waals surface area contributed by atoms with E-state index in [0.717, 1.165) is 19.3 Å². The third kappa shape index (κ3) is 5.32. The second kappa shape index (κ2) is 7.88. The summed E-state index contributed by atoms with van der Waals surface area (Å²) in [6.45, 7) is 2.42. The first-order valence-electron chi connectivity index (χ1n) is 6.60. The molecule has 2 atom stereocenters. The van der Waals surface area contributed by atoms with E-state index in [1.807, 2.05) is 6.07 Å². The molecule has 3 N–H and O–H groups in total. The van der Waals surface area contributed by atoms with Crippen LogP contribution in [0, 0.1) is 11.8 Å². The molecule has 0 saturated heterocycles. The van der Waals surface area contributed by atoms with Gasteiger partial charge in [-0.3, -0.25) is 4.79 Å². The molecule has 18 heavy (non-hydrogen) atoms. The van der Waals surface area contributed by atoms with Crippen LogP contribution in [-0.2, 0) is 11.2 Å². The van der Waals surface area contributed by atoms with Gasteiger partial charge in [0.25, 0.3) is 0 Å². The maximum absolute atomic E-state index is 10.8. The van der Waals surface area contributed by atoms with Gasteiger partial charge in [-0.15, -0.1) is 0 Å². The third-order valence-corrected chi connectivity index (χ3v) is 3.41. The molecule has 100 valence electrons. The van der Waals surface area contributed by atoms with Crippen LogP contribution in [0.1, 0.15) is 31.7 Å². The van der Waals surface area contributed by atoms with Gasteiger partial charge in [0.1, 0.15) is 0 Å². The van der Waals surface area contributed by atoms with Gasteiger partial charge in [0.05, 0.1) is 5.92 Å². The van der Waals surface area contributed by atoms with Gasteiger partial charge in [-0.1, -0.05) is 37.3 Å². The summed E-state index contributed by atoms with van der Waals surface area (Å²) in [5.74, 6) is -0.615. The van der Waals surface area contributed by atoms with Gasteiger partial charge in [0, 0.05) is 6.54 Å². The van der Waals surface area contributed by atoms with Gasteiger partial charge in [-0.2, -0.15) is 0 Å². The molecule has 0 aromatic heterocycles. The fourth-order valence-electron chi connectivity index (χ4n) is 2.03. The molecule has 0 heterocycles. The first kappa shape index (κ1) is 14.7. The molecule has 0 radical (unpaired) electrons. The van der Waals surface area contributed by atoms with E-state index in [1.54, 1.807) is 0 Å². The first-order chi connectivity index (χ1) is 8.63. The smallest absolute Gasteiger partial charge is 0.307 e. The van der Waals surface area contributed by atoms with Crippen LogP contribution in [0.2, 0.25) is 0 Å². The predicted molar refractivity (Wildman–Crippen MR) is 73.3 cm³/mol. The summed E-state index contributed by atoms with van der Waals surface area (Å²) in [6, 6.07) is 10.4. The highest BCUT2D eigenvalue weighted by molar-refractivity contribution is 5.70. The number of aryl methyl sites for hydroxylation is 1. The molecule has 0 saturated carbocycles. The van der Waals surface area contributed by atoms with E-state index < -0.39 is 5.97 Å². The van der Waals surface area contributed by atoms with Crippen LogP contribution in [0.4, 0.5) is 0 Å². The molecule has 0 fully saturated rings. The molecular formula is C15H23NO2. The van der Waals surface area contributed by atoms with E-state index >= 15 is 0 Å². The summed E-state index contributed by atoms with van der Waals surface area (Å²) in [5, 5.41) is 8.91. The fourth-order valence-corrected chi connectivity index (χ4v) is 2.03. The van der Waals surface area contributed by atoms with Gasteiger partial charge in [0.2, 0.25) is 0 Å². The molecule has 2 unspecified atom stereocenters. The van der Waals surface area contributed by atoms with E-state index in [9.17, 15) is 4.79 Å². The van der Waals surface area contributed by atoms with Gasteiger partial charge < -0.3 is 10.8 Å². The summed E-state index contributed by atoms with van der Waals surface area (Å²) >= 11 is 0. The van der Waals surface area contributed by atoms with E-state index in [4.69, 9.17) is 10.8 Å². The van der Waals surface area contributed by atoms with Gasteiger partial charge in [-0.25, -0.2) is 0 Å². The van der Waals surface area contributed by atoms with Crippen molar-refractivity contribution in [1.82, 2.24) is 0 Å². The minimum atomic E-state index is -0.771. The zero-order chi connectivity index (χ0) is 13.4. The highest BCUT2D eigenvalue weighted by Gasteiger charge is 2.16. The highest BCUT2D eigenvalue weighted by atomic mass is 16.4. The van der Waals surface area contributed by atoms with E-state index in [-0.39, 0.29) is 12.5 Å². The van der Waals surface area contributed by atoms with Crippen molar-refractivity contribution in [1.29, 1.82) is 0 Å². The summed E-state index contributed by atoms with van der Waals surface area (Å²) in [6.07, 6.45) is 3.77. The molecular weight excluding hydrogens is 226 g/mol. The number of rotatable bonds is 8. The van der Waals surface area contributed by atoms with Crippen molar-refractivity contribution in [3.63, 3.8) is 0 Å². The standard InChI is InChI=1S/C15H23NO2/c1-12(8-10-14(11-16)15(17)18)7-9-13-5-3-2-4-6-13/h2-6,12,14H,7-11,16H2,1H3,(H,17,18). The van der Waals surface area contributed by atoms with Crippen molar-refractivity contribution >= 4 is 5.97 Å². The Hall–Kier alpha value is -1.35. The molecule has 0 amide bonds. The Labute approximate surface area is 109 Å².